The van der Waals surface area contributed by atoms with Crippen molar-refractivity contribution in [2.75, 3.05) is 43.4 Å². The minimum atomic E-state index is -4.62. The molecule has 1 saturated heterocycles. The van der Waals surface area contributed by atoms with Crippen LogP contribution >= 0.6 is 11.3 Å². The Bertz CT molecular complexity index is 1170. The Kier molecular flexibility index (Phi) is 6.90. The molecule has 3 aromatic rings. The highest BCUT2D eigenvalue weighted by atomic mass is 32.1. The number of thiazole rings is 1. The van der Waals surface area contributed by atoms with Crippen LogP contribution in [0.5, 0.6) is 0 Å². The highest BCUT2D eigenvalue weighted by Gasteiger charge is 2.35. The molecule has 2 aromatic carbocycles. The molecule has 1 amide bonds. The molecule has 2 heterocycles. The first-order chi connectivity index (χ1) is 16.1. The molecule has 1 N–H and O–H groups in total. The van der Waals surface area contributed by atoms with Crippen LogP contribution in [0, 0.1) is 12.7 Å². The predicted octanol–water partition coefficient (Wildman–Crippen LogP) is 5.20. The predicted molar refractivity (Wildman–Crippen MR) is 125 cm³/mol. The summed E-state index contributed by atoms with van der Waals surface area (Å²) in [5.74, 6) is -0.989. The maximum atomic E-state index is 13.9. The van der Waals surface area contributed by atoms with Gasteiger partial charge < -0.3 is 15.1 Å². The lowest BCUT2D eigenvalue weighted by molar-refractivity contribution is -0.136. The molecular weight excluding hydrogens is 468 g/mol. The van der Waals surface area contributed by atoms with Crippen LogP contribution in [-0.2, 0) is 12.6 Å². The maximum Gasteiger partial charge on any atom is 0.418 e. The summed E-state index contributed by atoms with van der Waals surface area (Å²) in [7, 11) is 1.98. The van der Waals surface area contributed by atoms with Crippen LogP contribution in [-0.4, -0.2) is 49.0 Å². The van der Waals surface area contributed by atoms with Gasteiger partial charge in [-0.05, 0) is 49.9 Å². The summed E-state index contributed by atoms with van der Waals surface area (Å²) in [6, 6.07) is 9.95. The summed E-state index contributed by atoms with van der Waals surface area (Å²) in [6.45, 7) is 4.45. The number of piperazine rings is 1. The van der Waals surface area contributed by atoms with E-state index in [1.165, 1.54) is 18.2 Å². The van der Waals surface area contributed by atoms with Gasteiger partial charge in [0.1, 0.15) is 10.7 Å². The number of likely N-dealkylation sites (N-methyl/N-ethyl adjacent to an activating group) is 1. The Morgan fingerprint density at radius 2 is 1.76 bits per heavy atom. The van der Waals surface area contributed by atoms with Crippen molar-refractivity contribution < 1.29 is 22.4 Å². The minimum Gasteiger partial charge on any atom is -0.369 e. The Morgan fingerprint density at radius 3 is 2.41 bits per heavy atom. The fraction of sp³-hybridized carbons (Fsp3) is 0.333. The molecule has 1 aliphatic heterocycles. The van der Waals surface area contributed by atoms with E-state index in [1.807, 2.05) is 11.9 Å². The molecule has 10 heteroatoms. The number of anilines is 2. The molecule has 0 radical (unpaired) electrons. The summed E-state index contributed by atoms with van der Waals surface area (Å²) < 4.78 is 54.7. The van der Waals surface area contributed by atoms with E-state index in [0.717, 1.165) is 36.1 Å². The number of aryl methyl sites for hydroxylation is 1. The van der Waals surface area contributed by atoms with Crippen molar-refractivity contribution in [1.29, 1.82) is 0 Å². The highest BCUT2D eigenvalue weighted by Crippen LogP contribution is 2.38. The first-order valence-corrected chi connectivity index (χ1v) is 11.6. The number of rotatable bonds is 5. The van der Waals surface area contributed by atoms with Crippen molar-refractivity contribution in [2.24, 2.45) is 0 Å². The number of hydrogen-bond donors (Lipinski definition) is 1. The van der Waals surface area contributed by atoms with Crippen LogP contribution in [0.4, 0.5) is 28.9 Å². The lowest BCUT2D eigenvalue weighted by Gasteiger charge is -2.34. The quantitative estimate of drug-likeness (QED) is 0.497. The molecule has 4 rings (SSSR count). The molecule has 1 aromatic heterocycles. The van der Waals surface area contributed by atoms with E-state index in [4.69, 9.17) is 0 Å². The number of carbonyl (C=O) groups is 1. The van der Waals surface area contributed by atoms with E-state index in [-0.39, 0.29) is 16.4 Å². The van der Waals surface area contributed by atoms with E-state index < -0.39 is 17.6 Å². The van der Waals surface area contributed by atoms with Gasteiger partial charge in [-0.3, -0.25) is 4.79 Å². The first-order valence-electron chi connectivity index (χ1n) is 10.8. The van der Waals surface area contributed by atoms with Gasteiger partial charge in [-0.1, -0.05) is 12.1 Å². The lowest BCUT2D eigenvalue weighted by Crippen LogP contribution is -2.44. The molecule has 0 saturated carbocycles. The maximum absolute atomic E-state index is 13.9. The second kappa shape index (κ2) is 9.71. The average molecular weight is 493 g/mol. The third kappa shape index (κ3) is 5.56. The molecule has 1 fully saturated rings. The number of aromatic nitrogens is 1. The zero-order valence-corrected chi connectivity index (χ0v) is 19.6. The molecule has 180 valence electrons. The SMILES string of the molecule is Cc1nc(Cc2ccc(F)cc2)sc1C(=O)Nc1ccc(N2CCN(C)CC2)cc1C(F)(F)F. The van der Waals surface area contributed by atoms with Gasteiger partial charge in [-0.25, -0.2) is 9.37 Å². The Morgan fingerprint density at radius 1 is 1.09 bits per heavy atom. The van der Waals surface area contributed by atoms with E-state index >= 15 is 0 Å². The topological polar surface area (TPSA) is 48.5 Å². The average Bonchev–Trinajstić information content (AvgIpc) is 3.15. The smallest absolute Gasteiger partial charge is 0.369 e. The van der Waals surface area contributed by atoms with Crippen LogP contribution in [0.15, 0.2) is 42.5 Å². The van der Waals surface area contributed by atoms with Crippen LogP contribution < -0.4 is 10.2 Å². The van der Waals surface area contributed by atoms with E-state index in [2.05, 4.69) is 15.2 Å². The molecule has 0 unspecified atom stereocenters. The van der Waals surface area contributed by atoms with Gasteiger partial charge in [-0.15, -0.1) is 11.3 Å². The van der Waals surface area contributed by atoms with Crippen LogP contribution in [0.25, 0.3) is 0 Å². The third-order valence-corrected chi connectivity index (χ3v) is 6.90. The van der Waals surface area contributed by atoms with Gasteiger partial charge in [0, 0.05) is 38.3 Å². The van der Waals surface area contributed by atoms with Crippen molar-refractivity contribution in [3.05, 3.63) is 75.0 Å². The molecule has 5 nitrogen and oxygen atoms in total. The number of halogens is 4. The molecule has 0 bridgehead atoms. The van der Waals surface area contributed by atoms with Gasteiger partial charge >= 0.3 is 6.18 Å². The summed E-state index contributed by atoms with van der Waals surface area (Å²) in [5, 5.41) is 3.05. The fourth-order valence-corrected chi connectivity index (χ4v) is 4.83. The van der Waals surface area contributed by atoms with Crippen LogP contribution in [0.3, 0.4) is 0 Å². The Hall–Kier alpha value is -2.98. The van der Waals surface area contributed by atoms with E-state index in [9.17, 15) is 22.4 Å². The molecule has 1 aliphatic rings. The molecule has 34 heavy (non-hydrogen) atoms. The molecule has 0 atom stereocenters. The largest absolute Gasteiger partial charge is 0.418 e. The normalized spacial score (nSPS) is 14.9. The summed E-state index contributed by atoms with van der Waals surface area (Å²) in [4.78, 5) is 21.5. The second-order valence-corrected chi connectivity index (χ2v) is 9.38. The number of hydrogen-bond acceptors (Lipinski definition) is 5. The number of carbonyl (C=O) groups excluding carboxylic acids is 1. The summed E-state index contributed by atoms with van der Waals surface area (Å²) in [6.07, 6.45) is -4.23. The Labute approximate surface area is 199 Å². The Balaban J connectivity index is 1.54. The number of benzene rings is 2. The summed E-state index contributed by atoms with van der Waals surface area (Å²) >= 11 is 1.11. The van der Waals surface area contributed by atoms with Crippen LogP contribution in [0.2, 0.25) is 0 Å². The highest BCUT2D eigenvalue weighted by molar-refractivity contribution is 7.14. The van der Waals surface area contributed by atoms with Crippen molar-refractivity contribution in [2.45, 2.75) is 19.5 Å². The van der Waals surface area contributed by atoms with E-state index in [1.54, 1.807) is 25.1 Å². The van der Waals surface area contributed by atoms with Gasteiger partial charge in [-0.2, -0.15) is 13.2 Å². The van der Waals surface area contributed by atoms with Gasteiger partial charge in [0.05, 0.1) is 22.0 Å². The number of alkyl halides is 3. The molecular formula is C24H24F4N4OS. The first kappa shape index (κ1) is 24.2. The summed E-state index contributed by atoms with van der Waals surface area (Å²) in [5.41, 5.74) is 0.561. The number of nitrogens with zero attached hydrogens (tertiary/aromatic N) is 3. The standard InChI is InChI=1S/C24H24F4N4OS/c1-15-22(34-21(29-15)13-16-3-5-17(25)6-4-16)23(33)30-20-8-7-18(14-19(20)24(26,27)28)32-11-9-31(2)10-12-32/h3-8,14H,9-13H2,1-2H3,(H,30,33). The van der Waals surface area contributed by atoms with Crippen molar-refractivity contribution >= 4 is 28.6 Å². The monoisotopic (exact) mass is 492 g/mol. The second-order valence-electron chi connectivity index (χ2n) is 8.30. The van der Waals surface area contributed by atoms with Gasteiger partial charge in [0.15, 0.2) is 0 Å². The number of nitrogens with one attached hydrogen (secondary N) is 1. The molecule has 0 aliphatic carbocycles. The van der Waals surface area contributed by atoms with Gasteiger partial charge in [0.25, 0.3) is 5.91 Å². The van der Waals surface area contributed by atoms with E-state index in [0.29, 0.717) is 35.9 Å². The van der Waals surface area contributed by atoms with Crippen molar-refractivity contribution in [3.8, 4) is 0 Å². The minimum absolute atomic E-state index is 0.244. The lowest BCUT2D eigenvalue weighted by atomic mass is 10.1. The zero-order chi connectivity index (χ0) is 24.5. The fourth-order valence-electron chi connectivity index (χ4n) is 3.83. The van der Waals surface area contributed by atoms with Crippen molar-refractivity contribution in [1.82, 2.24) is 9.88 Å². The molecule has 0 spiro atoms. The third-order valence-electron chi connectivity index (χ3n) is 5.74. The zero-order valence-electron chi connectivity index (χ0n) is 18.7. The van der Waals surface area contributed by atoms with Gasteiger partial charge in [0.2, 0.25) is 0 Å². The van der Waals surface area contributed by atoms with Crippen LogP contribution in [0.1, 0.15) is 31.5 Å². The number of amides is 1. The van der Waals surface area contributed by atoms with Crippen molar-refractivity contribution in [3.63, 3.8) is 0 Å².